The largest absolute Gasteiger partial charge is 0.396 e. The Bertz CT molecular complexity index is 349. The molecular weight excluding hydrogens is 226 g/mol. The average molecular weight is 249 g/mol. The van der Waals surface area contributed by atoms with E-state index >= 15 is 0 Å². The summed E-state index contributed by atoms with van der Waals surface area (Å²) in [5, 5.41) is 11.8. The van der Waals surface area contributed by atoms with Crippen LogP contribution in [0, 0.1) is 5.92 Å². The second kappa shape index (κ2) is 7.88. The fourth-order valence-electron chi connectivity index (χ4n) is 1.94. The lowest BCUT2D eigenvalue weighted by Crippen LogP contribution is -2.31. The second-order valence-corrected chi connectivity index (χ2v) is 4.88. The highest BCUT2D eigenvalue weighted by molar-refractivity contribution is 5.76. The normalized spacial score (nSPS) is 12.4. The fraction of sp³-hybridized carbons (Fsp3) is 0.533. The highest BCUT2D eigenvalue weighted by atomic mass is 16.2. The van der Waals surface area contributed by atoms with Gasteiger partial charge in [0.25, 0.3) is 0 Å². The van der Waals surface area contributed by atoms with Gasteiger partial charge in [-0.25, -0.2) is 0 Å². The molecule has 0 spiro atoms. The first-order valence-electron chi connectivity index (χ1n) is 6.60. The number of hydrogen-bond donors (Lipinski definition) is 2. The Morgan fingerprint density at radius 3 is 2.44 bits per heavy atom. The number of benzene rings is 1. The molecule has 2 N–H and O–H groups in total. The molecule has 0 aliphatic carbocycles. The zero-order chi connectivity index (χ0) is 13.4. The molecule has 0 aromatic heterocycles. The number of aliphatic hydroxyl groups is 1. The van der Waals surface area contributed by atoms with E-state index < -0.39 is 0 Å². The predicted molar refractivity (Wildman–Crippen MR) is 73.1 cm³/mol. The van der Waals surface area contributed by atoms with Crippen molar-refractivity contribution in [3.8, 4) is 0 Å². The van der Waals surface area contributed by atoms with E-state index in [1.165, 1.54) is 0 Å². The van der Waals surface area contributed by atoms with E-state index in [0.717, 1.165) is 12.0 Å². The number of aliphatic hydroxyl groups excluding tert-OH is 1. The van der Waals surface area contributed by atoms with Gasteiger partial charge in [-0.3, -0.25) is 4.79 Å². The number of unbranched alkanes of at least 4 members (excludes halogenated alkanes) is 1. The number of rotatable bonds is 7. The topological polar surface area (TPSA) is 49.3 Å². The molecule has 1 atom stereocenters. The summed E-state index contributed by atoms with van der Waals surface area (Å²) in [5.41, 5.74) is 1.14. The van der Waals surface area contributed by atoms with E-state index in [-0.39, 0.29) is 18.6 Å². The molecule has 1 rings (SSSR count). The minimum atomic E-state index is 0.0611. The molecular formula is C15H23NO2. The minimum absolute atomic E-state index is 0.0611. The van der Waals surface area contributed by atoms with E-state index in [9.17, 15) is 4.79 Å². The van der Waals surface area contributed by atoms with E-state index in [0.29, 0.717) is 18.8 Å². The van der Waals surface area contributed by atoms with Crippen molar-refractivity contribution in [2.75, 3.05) is 6.61 Å². The highest BCUT2D eigenvalue weighted by Crippen LogP contribution is 2.21. The van der Waals surface area contributed by atoms with Crippen molar-refractivity contribution in [2.45, 2.75) is 39.2 Å². The average Bonchev–Trinajstić information content (AvgIpc) is 2.37. The van der Waals surface area contributed by atoms with Crippen LogP contribution >= 0.6 is 0 Å². The summed E-state index contributed by atoms with van der Waals surface area (Å²) in [4.78, 5) is 11.8. The zero-order valence-electron chi connectivity index (χ0n) is 11.2. The highest BCUT2D eigenvalue weighted by Gasteiger charge is 2.17. The fourth-order valence-corrected chi connectivity index (χ4v) is 1.94. The van der Waals surface area contributed by atoms with Crippen molar-refractivity contribution in [3.63, 3.8) is 0 Å². The SMILES string of the molecule is CC(C)C(NC(=O)CCCCO)c1ccccc1. The summed E-state index contributed by atoms with van der Waals surface area (Å²) in [7, 11) is 0. The molecule has 0 saturated heterocycles. The lowest BCUT2D eigenvalue weighted by atomic mass is 9.96. The minimum Gasteiger partial charge on any atom is -0.396 e. The molecule has 0 radical (unpaired) electrons. The van der Waals surface area contributed by atoms with Crippen LogP contribution in [0.25, 0.3) is 0 Å². The molecule has 1 unspecified atom stereocenters. The Morgan fingerprint density at radius 1 is 1.22 bits per heavy atom. The monoisotopic (exact) mass is 249 g/mol. The van der Waals surface area contributed by atoms with Crippen LogP contribution in [0.4, 0.5) is 0 Å². The smallest absolute Gasteiger partial charge is 0.220 e. The number of carbonyl (C=O) groups is 1. The Hall–Kier alpha value is -1.35. The van der Waals surface area contributed by atoms with Crippen LogP contribution in [0.15, 0.2) is 30.3 Å². The van der Waals surface area contributed by atoms with Crippen LogP contribution < -0.4 is 5.32 Å². The van der Waals surface area contributed by atoms with Gasteiger partial charge in [-0.15, -0.1) is 0 Å². The Balaban J connectivity index is 2.56. The van der Waals surface area contributed by atoms with Gasteiger partial charge in [0.15, 0.2) is 0 Å². The standard InChI is InChI=1S/C15H23NO2/c1-12(2)15(13-8-4-3-5-9-13)16-14(18)10-6-7-11-17/h3-5,8-9,12,15,17H,6-7,10-11H2,1-2H3,(H,16,18). The number of carbonyl (C=O) groups excluding carboxylic acids is 1. The van der Waals surface area contributed by atoms with E-state index in [1.807, 2.05) is 30.3 Å². The molecule has 0 bridgehead atoms. The number of hydrogen-bond acceptors (Lipinski definition) is 2. The molecule has 0 heterocycles. The van der Waals surface area contributed by atoms with Gasteiger partial charge in [0, 0.05) is 13.0 Å². The van der Waals surface area contributed by atoms with Gasteiger partial charge >= 0.3 is 0 Å². The first-order chi connectivity index (χ1) is 8.65. The third kappa shape index (κ3) is 4.88. The lowest BCUT2D eigenvalue weighted by Gasteiger charge is -2.23. The van der Waals surface area contributed by atoms with Crippen LogP contribution in [-0.2, 0) is 4.79 Å². The van der Waals surface area contributed by atoms with E-state index in [4.69, 9.17) is 5.11 Å². The van der Waals surface area contributed by atoms with Gasteiger partial charge < -0.3 is 10.4 Å². The van der Waals surface area contributed by atoms with Gasteiger partial charge in [0.1, 0.15) is 0 Å². The first kappa shape index (κ1) is 14.7. The molecule has 100 valence electrons. The summed E-state index contributed by atoms with van der Waals surface area (Å²) in [5.74, 6) is 0.417. The van der Waals surface area contributed by atoms with Gasteiger partial charge in [-0.05, 0) is 24.3 Å². The van der Waals surface area contributed by atoms with Crippen LogP contribution in [0.1, 0.15) is 44.7 Å². The molecule has 1 amide bonds. The molecule has 3 heteroatoms. The van der Waals surface area contributed by atoms with Crippen molar-refractivity contribution < 1.29 is 9.90 Å². The van der Waals surface area contributed by atoms with Crippen LogP contribution in [0.5, 0.6) is 0 Å². The summed E-state index contributed by atoms with van der Waals surface area (Å²) >= 11 is 0. The van der Waals surface area contributed by atoms with Crippen molar-refractivity contribution in [1.82, 2.24) is 5.32 Å². The number of amides is 1. The Kier molecular flexibility index (Phi) is 6.44. The van der Waals surface area contributed by atoms with Gasteiger partial charge in [0.2, 0.25) is 5.91 Å². The molecule has 3 nitrogen and oxygen atoms in total. The van der Waals surface area contributed by atoms with Crippen LogP contribution in [0.3, 0.4) is 0 Å². The molecule has 0 aliphatic heterocycles. The maximum Gasteiger partial charge on any atom is 0.220 e. The number of nitrogens with one attached hydrogen (secondary N) is 1. The maximum absolute atomic E-state index is 11.8. The van der Waals surface area contributed by atoms with E-state index in [1.54, 1.807) is 0 Å². The summed E-state index contributed by atoms with van der Waals surface area (Å²) in [6.45, 7) is 4.36. The van der Waals surface area contributed by atoms with Crippen molar-refractivity contribution >= 4 is 5.91 Å². The van der Waals surface area contributed by atoms with Crippen molar-refractivity contribution in [1.29, 1.82) is 0 Å². The molecule has 1 aromatic rings. The van der Waals surface area contributed by atoms with Crippen LogP contribution in [0.2, 0.25) is 0 Å². The van der Waals surface area contributed by atoms with Crippen molar-refractivity contribution in [3.05, 3.63) is 35.9 Å². The molecule has 1 aromatic carbocycles. The van der Waals surface area contributed by atoms with Crippen LogP contribution in [-0.4, -0.2) is 17.6 Å². The molecule has 18 heavy (non-hydrogen) atoms. The second-order valence-electron chi connectivity index (χ2n) is 4.88. The quantitative estimate of drug-likeness (QED) is 0.730. The summed E-state index contributed by atoms with van der Waals surface area (Å²) in [6, 6.07) is 10.1. The maximum atomic E-state index is 11.8. The first-order valence-corrected chi connectivity index (χ1v) is 6.60. The molecule has 0 saturated carbocycles. The lowest BCUT2D eigenvalue weighted by molar-refractivity contribution is -0.122. The molecule has 0 fully saturated rings. The summed E-state index contributed by atoms with van der Waals surface area (Å²) < 4.78 is 0. The van der Waals surface area contributed by atoms with Crippen molar-refractivity contribution in [2.24, 2.45) is 5.92 Å². The summed E-state index contributed by atoms with van der Waals surface area (Å²) in [6.07, 6.45) is 1.91. The van der Waals surface area contributed by atoms with Gasteiger partial charge in [0.05, 0.1) is 6.04 Å². The zero-order valence-corrected chi connectivity index (χ0v) is 11.2. The molecule has 0 aliphatic rings. The third-order valence-corrected chi connectivity index (χ3v) is 2.95. The van der Waals surface area contributed by atoms with Gasteiger partial charge in [-0.2, -0.15) is 0 Å². The van der Waals surface area contributed by atoms with Gasteiger partial charge in [-0.1, -0.05) is 44.2 Å². The predicted octanol–water partition coefficient (Wildman–Crippen LogP) is 2.66. The van der Waals surface area contributed by atoms with E-state index in [2.05, 4.69) is 19.2 Å². The Morgan fingerprint density at radius 2 is 1.89 bits per heavy atom. The Labute approximate surface area is 109 Å². The third-order valence-electron chi connectivity index (χ3n) is 2.95.